The van der Waals surface area contributed by atoms with Crippen molar-refractivity contribution in [3.63, 3.8) is 0 Å². The molecule has 144 valence electrons. The zero-order chi connectivity index (χ0) is 18.7. The van der Waals surface area contributed by atoms with Crippen molar-refractivity contribution in [3.8, 4) is 0 Å². The first-order valence-electron chi connectivity index (χ1n) is 10.5. The number of ether oxygens (including phenoxy) is 1. The Balaban J connectivity index is 1.70. The monoisotopic (exact) mass is 358 g/mol. The van der Waals surface area contributed by atoms with Crippen molar-refractivity contribution < 1.29 is 14.6 Å². The third-order valence-corrected chi connectivity index (χ3v) is 8.48. The maximum atomic E-state index is 12.2. The first-order chi connectivity index (χ1) is 12.3. The van der Waals surface area contributed by atoms with Crippen LogP contribution in [0.25, 0.3) is 0 Å². The molecule has 7 atom stereocenters. The highest BCUT2D eigenvalue weighted by Crippen LogP contribution is 2.66. The molecule has 1 unspecified atom stereocenters. The molecule has 4 aliphatic rings. The molecule has 0 heterocycles. The molecule has 0 saturated heterocycles. The third-order valence-electron chi connectivity index (χ3n) is 8.48. The van der Waals surface area contributed by atoms with Crippen molar-refractivity contribution in [2.24, 2.45) is 34.5 Å². The molecule has 0 amide bonds. The second-order valence-corrected chi connectivity index (χ2v) is 9.67. The lowest BCUT2D eigenvalue weighted by Crippen LogP contribution is -2.56. The lowest BCUT2D eigenvalue weighted by Gasteiger charge is -2.58. The quantitative estimate of drug-likeness (QED) is 0.798. The van der Waals surface area contributed by atoms with Gasteiger partial charge in [-0.15, -0.1) is 0 Å². The number of carbonyl (C=O) groups is 1. The van der Waals surface area contributed by atoms with Crippen LogP contribution in [-0.4, -0.2) is 23.6 Å². The predicted molar refractivity (Wildman–Crippen MR) is 102 cm³/mol. The van der Waals surface area contributed by atoms with E-state index in [-0.39, 0.29) is 22.9 Å². The summed E-state index contributed by atoms with van der Waals surface area (Å²) in [6.07, 6.45) is 10.4. The smallest absolute Gasteiger partial charge is 0.133 e. The van der Waals surface area contributed by atoms with Crippen LogP contribution in [0.15, 0.2) is 23.5 Å². The van der Waals surface area contributed by atoms with Crippen LogP contribution in [0.5, 0.6) is 0 Å². The van der Waals surface area contributed by atoms with Crippen molar-refractivity contribution in [1.29, 1.82) is 0 Å². The average Bonchev–Trinajstić information content (AvgIpc) is 2.91. The summed E-state index contributed by atoms with van der Waals surface area (Å²) in [7, 11) is 0. The zero-order valence-corrected chi connectivity index (χ0v) is 16.8. The van der Waals surface area contributed by atoms with Gasteiger partial charge in [0.2, 0.25) is 0 Å². The fourth-order valence-corrected chi connectivity index (χ4v) is 7.40. The van der Waals surface area contributed by atoms with Crippen LogP contribution in [0.2, 0.25) is 0 Å². The number of Topliss-reactive ketones (excluding diaryl/α,β-unsaturated/α-hetero) is 1. The van der Waals surface area contributed by atoms with Crippen LogP contribution in [0.1, 0.15) is 66.2 Å². The number of carbonyl (C=O) groups excluding carboxylic acids is 1. The van der Waals surface area contributed by atoms with E-state index in [1.165, 1.54) is 5.57 Å². The van der Waals surface area contributed by atoms with E-state index in [2.05, 4.69) is 26.0 Å². The summed E-state index contributed by atoms with van der Waals surface area (Å²) >= 11 is 0. The van der Waals surface area contributed by atoms with Gasteiger partial charge in [0.25, 0.3) is 0 Å². The summed E-state index contributed by atoms with van der Waals surface area (Å²) in [5, 5.41) is 11.3. The van der Waals surface area contributed by atoms with Gasteiger partial charge in [-0.25, -0.2) is 0 Å². The van der Waals surface area contributed by atoms with Gasteiger partial charge in [0.05, 0.1) is 18.5 Å². The zero-order valence-electron chi connectivity index (χ0n) is 16.8. The largest absolute Gasteiger partial charge is 0.498 e. The van der Waals surface area contributed by atoms with Gasteiger partial charge in [0, 0.05) is 12.3 Å². The topological polar surface area (TPSA) is 46.5 Å². The molecule has 3 nitrogen and oxygen atoms in total. The average molecular weight is 359 g/mol. The Labute approximate surface area is 157 Å². The highest BCUT2D eigenvalue weighted by molar-refractivity contribution is 5.79. The summed E-state index contributed by atoms with van der Waals surface area (Å²) in [6, 6.07) is 0. The molecule has 3 heteroatoms. The van der Waals surface area contributed by atoms with Crippen LogP contribution in [0.3, 0.4) is 0 Å². The molecule has 0 bridgehead atoms. The Morgan fingerprint density at radius 1 is 1.35 bits per heavy atom. The maximum Gasteiger partial charge on any atom is 0.133 e. The van der Waals surface area contributed by atoms with E-state index in [0.717, 1.165) is 50.9 Å². The summed E-state index contributed by atoms with van der Waals surface area (Å²) in [5.74, 6) is 2.94. The fourth-order valence-electron chi connectivity index (χ4n) is 7.40. The van der Waals surface area contributed by atoms with Gasteiger partial charge in [0.1, 0.15) is 5.78 Å². The van der Waals surface area contributed by atoms with Gasteiger partial charge in [0.15, 0.2) is 0 Å². The summed E-state index contributed by atoms with van der Waals surface area (Å²) < 4.78 is 5.79. The minimum Gasteiger partial charge on any atom is -0.498 e. The molecule has 0 spiro atoms. The number of rotatable bonds is 3. The van der Waals surface area contributed by atoms with Crippen molar-refractivity contribution >= 4 is 5.78 Å². The number of aliphatic hydroxyl groups excluding tert-OH is 1. The Bertz CT molecular complexity index is 662. The van der Waals surface area contributed by atoms with E-state index in [1.807, 2.05) is 6.92 Å². The van der Waals surface area contributed by atoms with Crippen LogP contribution in [-0.2, 0) is 9.53 Å². The molecule has 2 fully saturated rings. The van der Waals surface area contributed by atoms with Crippen molar-refractivity contribution in [3.05, 3.63) is 23.5 Å². The molecule has 4 aliphatic carbocycles. The molecule has 2 saturated carbocycles. The van der Waals surface area contributed by atoms with E-state index in [9.17, 15) is 9.90 Å². The number of aliphatic hydroxyl groups is 1. The Kier molecular flexibility index (Phi) is 4.38. The van der Waals surface area contributed by atoms with E-state index >= 15 is 0 Å². The minimum absolute atomic E-state index is 0.0187. The van der Waals surface area contributed by atoms with E-state index in [4.69, 9.17) is 4.74 Å². The molecule has 4 rings (SSSR count). The molecule has 0 aliphatic heterocycles. The molecular formula is C23H34O3. The highest BCUT2D eigenvalue weighted by atomic mass is 16.5. The lowest BCUT2D eigenvalue weighted by molar-refractivity contribution is -0.138. The van der Waals surface area contributed by atoms with E-state index < -0.39 is 0 Å². The Morgan fingerprint density at radius 3 is 2.81 bits per heavy atom. The maximum absolute atomic E-state index is 12.2. The Morgan fingerprint density at radius 2 is 2.12 bits per heavy atom. The van der Waals surface area contributed by atoms with Gasteiger partial charge in [-0.1, -0.05) is 19.9 Å². The second kappa shape index (κ2) is 6.22. The number of hydrogen-bond acceptors (Lipinski definition) is 3. The van der Waals surface area contributed by atoms with Crippen LogP contribution >= 0.6 is 0 Å². The minimum atomic E-state index is -0.308. The summed E-state index contributed by atoms with van der Waals surface area (Å²) in [5.41, 5.74) is 1.39. The number of hydrogen-bond donors (Lipinski definition) is 1. The number of fused-ring (bicyclic) bond motifs is 5. The van der Waals surface area contributed by atoms with Crippen molar-refractivity contribution in [1.82, 2.24) is 0 Å². The van der Waals surface area contributed by atoms with Gasteiger partial charge in [-0.3, -0.25) is 4.79 Å². The first-order valence-corrected chi connectivity index (χ1v) is 10.5. The first kappa shape index (κ1) is 18.3. The van der Waals surface area contributed by atoms with Crippen LogP contribution in [0, 0.1) is 34.5 Å². The fraction of sp³-hybridized carbons (Fsp3) is 0.783. The lowest BCUT2D eigenvalue weighted by atomic mass is 9.47. The van der Waals surface area contributed by atoms with E-state index in [0.29, 0.717) is 23.5 Å². The molecule has 0 aromatic heterocycles. The van der Waals surface area contributed by atoms with Crippen molar-refractivity contribution in [2.45, 2.75) is 72.3 Å². The van der Waals surface area contributed by atoms with Crippen molar-refractivity contribution in [2.75, 3.05) is 6.61 Å². The van der Waals surface area contributed by atoms with Gasteiger partial charge < -0.3 is 9.84 Å². The normalized spacial score (nSPS) is 47.2. The van der Waals surface area contributed by atoms with E-state index in [1.54, 1.807) is 6.92 Å². The molecule has 0 aromatic rings. The number of ketones is 1. The molecule has 26 heavy (non-hydrogen) atoms. The summed E-state index contributed by atoms with van der Waals surface area (Å²) in [4.78, 5) is 12.2. The standard InChI is InChI=1S/C23H34O3/c1-5-26-16-10-11-22(3)15(12-16)6-7-17-19-9-8-18(14(2)24)23(19,4)13-20(25)21(17)22/h6,12,17-21,25H,5,7-11,13H2,1-4H3/t17-,18+,19-,20?,21+,22-,23+/m0/s1. The molecule has 1 N–H and O–H groups in total. The Hall–Kier alpha value is -1.09. The van der Waals surface area contributed by atoms with Gasteiger partial charge in [-0.2, -0.15) is 0 Å². The predicted octanol–water partition coefficient (Wildman–Crippen LogP) is 4.66. The van der Waals surface area contributed by atoms with Crippen LogP contribution in [0.4, 0.5) is 0 Å². The van der Waals surface area contributed by atoms with Gasteiger partial charge >= 0.3 is 0 Å². The molecule has 0 radical (unpaired) electrons. The molecule has 0 aromatic carbocycles. The highest BCUT2D eigenvalue weighted by Gasteiger charge is 2.61. The third kappa shape index (κ3) is 2.46. The van der Waals surface area contributed by atoms with Gasteiger partial charge in [-0.05, 0) is 86.2 Å². The molecular weight excluding hydrogens is 324 g/mol. The summed E-state index contributed by atoms with van der Waals surface area (Å²) in [6.45, 7) is 9.15. The van der Waals surface area contributed by atoms with Crippen LogP contribution < -0.4 is 0 Å². The SMILES string of the molecule is CCOC1=CC2=CC[C@H]3[C@@H]4CC[C@H](C(C)=O)[C@@]4(C)CC(O)[C@@H]3[C@@]2(C)CC1. The second-order valence-electron chi connectivity index (χ2n) is 9.67. The number of allylic oxidation sites excluding steroid dienone is 4.